The number of nitrogens with one attached hydrogen (secondary N) is 1. The molecule has 0 atom stereocenters. The van der Waals surface area contributed by atoms with E-state index in [-0.39, 0.29) is 5.78 Å². The summed E-state index contributed by atoms with van der Waals surface area (Å²) < 4.78 is 0. The Bertz CT molecular complexity index is 916. The quantitative estimate of drug-likeness (QED) is 0.575. The number of anilines is 1. The molecule has 3 heteroatoms. The molecule has 0 spiro atoms. The fraction of sp³-hybridized carbons (Fsp3) is 0.211. The number of hydrogen-bond acceptors (Lipinski definition) is 2. The van der Waals surface area contributed by atoms with Crippen molar-refractivity contribution in [2.24, 2.45) is 0 Å². The number of rotatable bonds is 1. The number of benzene rings is 2. The summed E-state index contributed by atoms with van der Waals surface area (Å²) in [6, 6.07) is 12.2. The summed E-state index contributed by atoms with van der Waals surface area (Å²) >= 11 is 0. The normalized spacial score (nSPS) is 16.4. The third-order valence-electron chi connectivity index (χ3n) is 4.96. The summed E-state index contributed by atoms with van der Waals surface area (Å²) in [5.41, 5.74) is 6.06. The Morgan fingerprint density at radius 1 is 0.909 bits per heavy atom. The molecule has 0 saturated carbocycles. The van der Waals surface area contributed by atoms with Crippen LogP contribution in [0.4, 0.5) is 5.69 Å². The van der Waals surface area contributed by atoms with E-state index in [2.05, 4.69) is 22.0 Å². The molecule has 1 saturated heterocycles. The fourth-order valence-corrected chi connectivity index (χ4v) is 3.93. The van der Waals surface area contributed by atoms with Crippen LogP contribution in [0, 0.1) is 0 Å². The minimum atomic E-state index is 0.162. The van der Waals surface area contributed by atoms with Crippen LogP contribution in [0.3, 0.4) is 0 Å². The Balaban J connectivity index is 1.88. The molecule has 1 fully saturated rings. The summed E-state index contributed by atoms with van der Waals surface area (Å²) in [5, 5.41) is 1.09. The van der Waals surface area contributed by atoms with Gasteiger partial charge in [-0.3, -0.25) is 4.79 Å². The molecule has 0 unspecified atom stereocenters. The van der Waals surface area contributed by atoms with Gasteiger partial charge in [0.25, 0.3) is 0 Å². The molecule has 108 valence electrons. The van der Waals surface area contributed by atoms with E-state index < -0.39 is 0 Å². The minimum absolute atomic E-state index is 0.162. The maximum atomic E-state index is 13.1. The third kappa shape index (κ3) is 1.43. The monoisotopic (exact) mass is 288 g/mol. The second-order valence-electron chi connectivity index (χ2n) is 6.15. The van der Waals surface area contributed by atoms with E-state index in [0.29, 0.717) is 0 Å². The largest absolute Gasteiger partial charge is 0.371 e. The van der Waals surface area contributed by atoms with E-state index in [0.717, 1.165) is 51.9 Å². The molecule has 1 aliphatic heterocycles. The molecule has 0 bridgehead atoms. The molecule has 0 radical (unpaired) electrons. The van der Waals surface area contributed by atoms with Crippen molar-refractivity contribution in [2.45, 2.75) is 12.8 Å². The van der Waals surface area contributed by atoms with Crippen LogP contribution in [0.5, 0.6) is 0 Å². The molecule has 5 rings (SSSR count). The van der Waals surface area contributed by atoms with Crippen molar-refractivity contribution < 1.29 is 4.79 Å². The first kappa shape index (κ1) is 12.0. The molecule has 22 heavy (non-hydrogen) atoms. The van der Waals surface area contributed by atoms with E-state index in [9.17, 15) is 4.79 Å². The molecule has 2 aliphatic rings. The fourth-order valence-electron chi connectivity index (χ4n) is 3.93. The summed E-state index contributed by atoms with van der Waals surface area (Å²) in [6.07, 6.45) is 4.46. The average Bonchev–Trinajstić information content (AvgIpc) is 3.22. The summed E-state index contributed by atoms with van der Waals surface area (Å²) in [4.78, 5) is 18.8. The van der Waals surface area contributed by atoms with Gasteiger partial charge in [0.2, 0.25) is 0 Å². The van der Waals surface area contributed by atoms with Gasteiger partial charge >= 0.3 is 0 Å². The van der Waals surface area contributed by atoms with Gasteiger partial charge in [0.05, 0.1) is 5.56 Å². The van der Waals surface area contributed by atoms with Gasteiger partial charge in [0, 0.05) is 47.0 Å². The lowest BCUT2D eigenvalue weighted by atomic mass is 9.85. The lowest BCUT2D eigenvalue weighted by Crippen LogP contribution is -2.22. The molecule has 3 aromatic rings. The average molecular weight is 288 g/mol. The van der Waals surface area contributed by atoms with Crippen molar-refractivity contribution in [3.05, 3.63) is 53.7 Å². The third-order valence-corrected chi connectivity index (χ3v) is 4.96. The molecule has 2 heterocycles. The Labute approximate surface area is 128 Å². The minimum Gasteiger partial charge on any atom is -0.371 e. The SMILES string of the molecule is O=C1c2ccccc2-c2c[nH]c3ccc(N4CCCC4)c1c23. The molecule has 0 amide bonds. The van der Waals surface area contributed by atoms with Crippen molar-refractivity contribution >= 4 is 22.4 Å². The van der Waals surface area contributed by atoms with Crippen molar-refractivity contribution in [3.63, 3.8) is 0 Å². The smallest absolute Gasteiger partial charge is 0.196 e. The summed E-state index contributed by atoms with van der Waals surface area (Å²) in [7, 11) is 0. The number of carbonyl (C=O) groups excluding carboxylic acids is 1. The van der Waals surface area contributed by atoms with Gasteiger partial charge in [-0.1, -0.05) is 24.3 Å². The number of fused-ring (bicyclic) bond motifs is 2. The molecule has 2 aromatic carbocycles. The van der Waals surface area contributed by atoms with Gasteiger partial charge in [0.1, 0.15) is 0 Å². The van der Waals surface area contributed by atoms with Crippen molar-refractivity contribution in [3.8, 4) is 11.1 Å². The van der Waals surface area contributed by atoms with Gasteiger partial charge in [-0.2, -0.15) is 0 Å². The summed E-state index contributed by atoms with van der Waals surface area (Å²) in [5.74, 6) is 0.162. The molecule has 1 aromatic heterocycles. The highest BCUT2D eigenvalue weighted by atomic mass is 16.1. The van der Waals surface area contributed by atoms with E-state index >= 15 is 0 Å². The number of carbonyl (C=O) groups is 1. The van der Waals surface area contributed by atoms with Crippen molar-refractivity contribution in [1.82, 2.24) is 4.98 Å². The van der Waals surface area contributed by atoms with E-state index in [4.69, 9.17) is 0 Å². The lowest BCUT2D eigenvalue weighted by Gasteiger charge is -2.24. The molecular weight excluding hydrogens is 272 g/mol. The number of nitrogens with zero attached hydrogens (tertiary/aromatic N) is 1. The Morgan fingerprint density at radius 3 is 2.50 bits per heavy atom. The highest BCUT2D eigenvalue weighted by Gasteiger charge is 2.30. The second-order valence-corrected chi connectivity index (χ2v) is 6.15. The van der Waals surface area contributed by atoms with Crippen LogP contribution in [0.2, 0.25) is 0 Å². The first-order chi connectivity index (χ1) is 10.8. The van der Waals surface area contributed by atoms with Gasteiger partial charge in [-0.05, 0) is 30.5 Å². The van der Waals surface area contributed by atoms with Crippen LogP contribution >= 0.6 is 0 Å². The number of aromatic nitrogens is 1. The molecule has 1 aliphatic carbocycles. The first-order valence-corrected chi connectivity index (χ1v) is 7.88. The van der Waals surface area contributed by atoms with Crippen LogP contribution < -0.4 is 4.90 Å². The van der Waals surface area contributed by atoms with Crippen LogP contribution in [-0.2, 0) is 0 Å². The standard InChI is InChI=1S/C19H16N2O/c22-19-13-6-2-1-5-12(13)14-11-20-15-7-8-16(18(19)17(14)15)21-9-3-4-10-21/h1-2,5-8,11,20H,3-4,9-10H2. The van der Waals surface area contributed by atoms with E-state index in [1.807, 2.05) is 30.5 Å². The Morgan fingerprint density at radius 2 is 1.68 bits per heavy atom. The number of hydrogen-bond donors (Lipinski definition) is 1. The van der Waals surface area contributed by atoms with Gasteiger partial charge < -0.3 is 9.88 Å². The van der Waals surface area contributed by atoms with Crippen molar-refractivity contribution in [2.75, 3.05) is 18.0 Å². The van der Waals surface area contributed by atoms with Gasteiger partial charge in [-0.15, -0.1) is 0 Å². The highest BCUT2D eigenvalue weighted by molar-refractivity contribution is 6.28. The van der Waals surface area contributed by atoms with Crippen LogP contribution in [0.1, 0.15) is 28.8 Å². The Hall–Kier alpha value is -2.55. The Kier molecular flexibility index (Phi) is 2.31. The highest BCUT2D eigenvalue weighted by Crippen LogP contribution is 2.43. The molecule has 1 N–H and O–H groups in total. The number of H-pyrrole nitrogens is 1. The molecule has 3 nitrogen and oxygen atoms in total. The maximum Gasteiger partial charge on any atom is 0.196 e. The number of ketones is 1. The lowest BCUT2D eigenvalue weighted by molar-refractivity contribution is 0.104. The van der Waals surface area contributed by atoms with Gasteiger partial charge in [-0.25, -0.2) is 0 Å². The van der Waals surface area contributed by atoms with Crippen LogP contribution in [0.15, 0.2) is 42.6 Å². The molecular formula is C19H16N2O. The topological polar surface area (TPSA) is 36.1 Å². The van der Waals surface area contributed by atoms with Crippen molar-refractivity contribution in [1.29, 1.82) is 0 Å². The zero-order valence-electron chi connectivity index (χ0n) is 12.2. The predicted octanol–water partition coefficient (Wildman–Crippen LogP) is 3.98. The van der Waals surface area contributed by atoms with Crippen LogP contribution in [0.25, 0.3) is 22.0 Å². The number of aromatic amines is 1. The zero-order chi connectivity index (χ0) is 14.7. The van der Waals surface area contributed by atoms with Gasteiger partial charge in [0.15, 0.2) is 5.78 Å². The summed E-state index contributed by atoms with van der Waals surface area (Å²) in [6.45, 7) is 2.10. The van der Waals surface area contributed by atoms with Crippen LogP contribution in [-0.4, -0.2) is 23.9 Å². The first-order valence-electron chi connectivity index (χ1n) is 7.88. The van der Waals surface area contributed by atoms with E-state index in [1.165, 1.54) is 12.8 Å². The maximum absolute atomic E-state index is 13.1. The zero-order valence-corrected chi connectivity index (χ0v) is 12.2. The second kappa shape index (κ2) is 4.23. The predicted molar refractivity (Wildman–Crippen MR) is 88.6 cm³/mol. The van der Waals surface area contributed by atoms with E-state index in [1.54, 1.807) is 0 Å².